The Morgan fingerprint density at radius 3 is 2.55 bits per heavy atom. The van der Waals surface area contributed by atoms with Crippen LogP contribution in [-0.4, -0.2) is 5.91 Å². The zero-order valence-corrected chi connectivity index (χ0v) is 18.2. The first kappa shape index (κ1) is 22.1. The van der Waals surface area contributed by atoms with E-state index in [1.165, 1.54) is 11.6 Å². The van der Waals surface area contributed by atoms with E-state index in [0.717, 1.165) is 17.5 Å². The van der Waals surface area contributed by atoms with E-state index in [-0.39, 0.29) is 5.57 Å². The van der Waals surface area contributed by atoms with E-state index in [1.807, 2.05) is 68.4 Å². The fraction of sp³-hybridized carbons (Fsp3) is 0.154. The lowest BCUT2D eigenvalue weighted by molar-refractivity contribution is -0.112. The highest BCUT2D eigenvalue weighted by molar-refractivity contribution is 6.32. The summed E-state index contributed by atoms with van der Waals surface area (Å²) in [6, 6.07) is 22.8. The largest absolute Gasteiger partial charge is 0.487 e. The molecule has 3 aromatic rings. The average Bonchev–Trinajstić information content (AvgIpc) is 2.78. The molecule has 1 N–H and O–H groups in total. The Labute approximate surface area is 187 Å². The van der Waals surface area contributed by atoms with Crippen LogP contribution in [0.5, 0.6) is 5.75 Å². The molecule has 0 aromatic heterocycles. The number of hydrogen-bond acceptors (Lipinski definition) is 3. The second-order valence-corrected chi connectivity index (χ2v) is 7.51. The van der Waals surface area contributed by atoms with E-state index in [2.05, 4.69) is 5.32 Å². The number of rotatable bonds is 7. The van der Waals surface area contributed by atoms with Gasteiger partial charge in [-0.3, -0.25) is 4.79 Å². The summed E-state index contributed by atoms with van der Waals surface area (Å²) >= 11 is 6.36. The summed E-state index contributed by atoms with van der Waals surface area (Å²) in [6.07, 6.45) is 2.29. The van der Waals surface area contributed by atoms with Crippen molar-refractivity contribution in [3.63, 3.8) is 0 Å². The van der Waals surface area contributed by atoms with Crippen molar-refractivity contribution in [2.24, 2.45) is 0 Å². The number of carbonyl (C=O) groups excluding carboxylic acids is 1. The molecule has 0 aliphatic rings. The number of halogens is 1. The van der Waals surface area contributed by atoms with Crippen LogP contribution in [0.4, 0.5) is 5.69 Å². The van der Waals surface area contributed by atoms with Gasteiger partial charge in [0.05, 0.1) is 5.02 Å². The number of hydrogen-bond donors (Lipinski definition) is 1. The van der Waals surface area contributed by atoms with E-state index in [1.54, 1.807) is 18.2 Å². The first-order chi connectivity index (χ1) is 15.0. The molecule has 0 fully saturated rings. The van der Waals surface area contributed by atoms with Gasteiger partial charge < -0.3 is 10.1 Å². The van der Waals surface area contributed by atoms with Gasteiger partial charge in [-0.1, -0.05) is 72.6 Å². The number of aryl methyl sites for hydroxylation is 2. The number of carbonyl (C=O) groups is 1. The average molecular weight is 431 g/mol. The van der Waals surface area contributed by atoms with Crippen molar-refractivity contribution in [3.05, 3.63) is 99.6 Å². The number of ether oxygens (including phenoxy) is 1. The minimum atomic E-state index is -0.459. The SMILES string of the molecule is CCc1ccccc1NC(=O)/C(C#N)=C/c1ccc(OCc2ccc(C)cc2)c(Cl)c1. The highest BCUT2D eigenvalue weighted by Gasteiger charge is 2.12. The molecule has 31 heavy (non-hydrogen) atoms. The Morgan fingerprint density at radius 1 is 1.13 bits per heavy atom. The van der Waals surface area contributed by atoms with Crippen LogP contribution in [0.3, 0.4) is 0 Å². The van der Waals surface area contributed by atoms with Gasteiger partial charge in [-0.2, -0.15) is 5.26 Å². The van der Waals surface area contributed by atoms with Gasteiger partial charge in [0.25, 0.3) is 5.91 Å². The molecule has 0 heterocycles. The lowest BCUT2D eigenvalue weighted by atomic mass is 10.1. The number of para-hydroxylation sites is 1. The molecule has 0 atom stereocenters. The van der Waals surface area contributed by atoms with Crippen molar-refractivity contribution < 1.29 is 9.53 Å². The molecule has 5 heteroatoms. The van der Waals surface area contributed by atoms with Crippen LogP contribution in [0.25, 0.3) is 6.08 Å². The Hall–Kier alpha value is -3.55. The number of nitrogens with zero attached hydrogens (tertiary/aromatic N) is 1. The first-order valence-corrected chi connectivity index (χ1v) is 10.4. The van der Waals surface area contributed by atoms with Crippen molar-refractivity contribution in [1.29, 1.82) is 5.26 Å². The molecule has 3 aromatic carbocycles. The van der Waals surface area contributed by atoms with Gasteiger partial charge in [0.15, 0.2) is 0 Å². The monoisotopic (exact) mass is 430 g/mol. The van der Waals surface area contributed by atoms with Crippen LogP contribution in [0.2, 0.25) is 5.02 Å². The summed E-state index contributed by atoms with van der Waals surface area (Å²) in [7, 11) is 0. The Bertz CT molecular complexity index is 1140. The van der Waals surface area contributed by atoms with Gasteiger partial charge in [0, 0.05) is 5.69 Å². The Balaban J connectivity index is 1.72. The van der Waals surface area contributed by atoms with Gasteiger partial charge in [-0.15, -0.1) is 0 Å². The summed E-state index contributed by atoms with van der Waals surface area (Å²) in [5.41, 5.74) is 4.58. The van der Waals surface area contributed by atoms with Crippen LogP contribution >= 0.6 is 11.6 Å². The van der Waals surface area contributed by atoms with Crippen LogP contribution in [0.1, 0.15) is 29.2 Å². The maximum absolute atomic E-state index is 12.6. The van der Waals surface area contributed by atoms with Crippen molar-refractivity contribution in [2.75, 3.05) is 5.32 Å². The Morgan fingerprint density at radius 2 is 1.87 bits per heavy atom. The van der Waals surface area contributed by atoms with Gasteiger partial charge >= 0.3 is 0 Å². The number of nitriles is 1. The minimum Gasteiger partial charge on any atom is -0.487 e. The highest BCUT2D eigenvalue weighted by atomic mass is 35.5. The molecule has 0 saturated heterocycles. The van der Waals surface area contributed by atoms with Gasteiger partial charge in [-0.25, -0.2) is 0 Å². The van der Waals surface area contributed by atoms with Crippen LogP contribution in [0, 0.1) is 18.3 Å². The lowest BCUT2D eigenvalue weighted by Crippen LogP contribution is -2.14. The molecule has 0 radical (unpaired) electrons. The summed E-state index contributed by atoms with van der Waals surface area (Å²) in [6.45, 7) is 4.44. The lowest BCUT2D eigenvalue weighted by Gasteiger charge is -2.10. The number of benzene rings is 3. The van der Waals surface area contributed by atoms with E-state index in [4.69, 9.17) is 16.3 Å². The van der Waals surface area contributed by atoms with Crippen LogP contribution in [-0.2, 0) is 17.8 Å². The van der Waals surface area contributed by atoms with Gasteiger partial charge in [-0.05, 0) is 54.3 Å². The normalized spacial score (nSPS) is 11.0. The Kier molecular flexibility index (Phi) is 7.48. The molecule has 1 amide bonds. The molecular formula is C26H23ClN2O2. The van der Waals surface area contributed by atoms with Crippen molar-refractivity contribution in [2.45, 2.75) is 26.9 Å². The maximum atomic E-state index is 12.6. The van der Waals surface area contributed by atoms with Crippen LogP contribution in [0.15, 0.2) is 72.3 Å². The zero-order chi connectivity index (χ0) is 22.2. The smallest absolute Gasteiger partial charge is 0.266 e. The number of amides is 1. The molecule has 0 bridgehead atoms. The maximum Gasteiger partial charge on any atom is 0.266 e. The van der Waals surface area contributed by atoms with Crippen molar-refractivity contribution >= 4 is 29.3 Å². The van der Waals surface area contributed by atoms with Crippen molar-refractivity contribution in [1.82, 2.24) is 0 Å². The van der Waals surface area contributed by atoms with Gasteiger partial charge in [0.1, 0.15) is 24.0 Å². The third-order valence-corrected chi connectivity index (χ3v) is 5.09. The summed E-state index contributed by atoms with van der Waals surface area (Å²) < 4.78 is 5.80. The highest BCUT2D eigenvalue weighted by Crippen LogP contribution is 2.27. The van der Waals surface area contributed by atoms with Crippen LogP contribution < -0.4 is 10.1 Å². The summed E-state index contributed by atoms with van der Waals surface area (Å²) in [4.78, 5) is 12.6. The zero-order valence-electron chi connectivity index (χ0n) is 17.5. The third-order valence-electron chi connectivity index (χ3n) is 4.79. The predicted molar refractivity (Wildman–Crippen MR) is 125 cm³/mol. The molecule has 0 aliphatic carbocycles. The second-order valence-electron chi connectivity index (χ2n) is 7.10. The summed E-state index contributed by atoms with van der Waals surface area (Å²) in [5.74, 6) is 0.0819. The van der Waals surface area contributed by atoms with Gasteiger partial charge in [0.2, 0.25) is 0 Å². The number of anilines is 1. The molecular weight excluding hydrogens is 408 g/mol. The topological polar surface area (TPSA) is 62.1 Å². The predicted octanol–water partition coefficient (Wildman–Crippen LogP) is 6.34. The summed E-state index contributed by atoms with van der Waals surface area (Å²) in [5, 5.41) is 12.7. The first-order valence-electron chi connectivity index (χ1n) is 9.99. The van der Waals surface area contributed by atoms with E-state index >= 15 is 0 Å². The molecule has 0 aliphatic heterocycles. The standard InChI is InChI=1S/C26H23ClN2O2/c1-3-21-6-4-5-7-24(21)29-26(30)22(16-28)14-20-12-13-25(23(27)15-20)31-17-19-10-8-18(2)9-11-19/h4-15H,3,17H2,1-2H3,(H,29,30)/b22-14+. The minimum absolute atomic E-state index is 0.00436. The molecule has 3 rings (SSSR count). The number of nitrogens with one attached hydrogen (secondary N) is 1. The van der Waals surface area contributed by atoms with Crippen molar-refractivity contribution in [3.8, 4) is 11.8 Å². The fourth-order valence-electron chi connectivity index (χ4n) is 3.02. The molecule has 0 saturated carbocycles. The van der Waals surface area contributed by atoms with E-state index in [0.29, 0.717) is 28.6 Å². The molecule has 0 spiro atoms. The quantitative estimate of drug-likeness (QED) is 0.351. The second kappa shape index (κ2) is 10.5. The molecule has 156 valence electrons. The third kappa shape index (κ3) is 5.97. The fourth-order valence-corrected chi connectivity index (χ4v) is 3.27. The molecule has 0 unspecified atom stereocenters. The molecule has 4 nitrogen and oxygen atoms in total. The van der Waals surface area contributed by atoms with E-state index in [9.17, 15) is 10.1 Å². The van der Waals surface area contributed by atoms with E-state index < -0.39 is 5.91 Å².